The zero-order valence-electron chi connectivity index (χ0n) is 11.7. The van der Waals surface area contributed by atoms with Gasteiger partial charge in [0.2, 0.25) is 0 Å². The van der Waals surface area contributed by atoms with Gasteiger partial charge in [0.25, 0.3) is 0 Å². The van der Waals surface area contributed by atoms with Gasteiger partial charge in [0, 0.05) is 19.8 Å². The Labute approximate surface area is 118 Å². The van der Waals surface area contributed by atoms with E-state index in [-0.39, 0.29) is 12.1 Å². The molecule has 0 spiro atoms. The molecule has 1 saturated heterocycles. The molecule has 2 aromatic rings. The fourth-order valence-corrected chi connectivity index (χ4v) is 2.74. The number of amides is 2. The Hall–Kier alpha value is -2.30. The monoisotopic (exact) mass is 270 g/mol. The second-order valence-corrected chi connectivity index (χ2v) is 5.32. The Morgan fingerprint density at radius 1 is 1.35 bits per heavy atom. The molecule has 2 heterocycles. The molecule has 5 nitrogen and oxygen atoms in total. The summed E-state index contributed by atoms with van der Waals surface area (Å²) in [6, 6.07) is 10.3. The predicted octanol–water partition coefficient (Wildman–Crippen LogP) is 2.65. The summed E-state index contributed by atoms with van der Waals surface area (Å²) in [5.41, 5.74) is 1.91. The molecule has 0 aliphatic carbocycles. The third-order valence-corrected chi connectivity index (χ3v) is 3.72. The Balaban J connectivity index is 1.72. The molecule has 1 aliphatic heterocycles. The maximum atomic E-state index is 12.3. The minimum absolute atomic E-state index is 0.0649. The molecular weight excluding hydrogens is 252 g/mol. The summed E-state index contributed by atoms with van der Waals surface area (Å²) in [7, 11) is 1.83. The molecule has 1 aromatic heterocycles. The minimum atomic E-state index is -0.0649. The molecule has 104 valence electrons. The average Bonchev–Trinajstić information content (AvgIpc) is 2.82. The van der Waals surface area contributed by atoms with Crippen LogP contribution in [0.2, 0.25) is 0 Å². The molecular formula is C15H18N4O. The van der Waals surface area contributed by atoms with E-state index in [1.165, 1.54) is 5.56 Å². The molecule has 3 rings (SSSR count). The second-order valence-electron chi connectivity index (χ2n) is 5.32. The van der Waals surface area contributed by atoms with E-state index in [0.717, 1.165) is 12.2 Å². The number of carbonyl (C=O) groups excluding carboxylic acids is 1. The summed E-state index contributed by atoms with van der Waals surface area (Å²) >= 11 is 0. The predicted molar refractivity (Wildman–Crippen MR) is 77.3 cm³/mol. The van der Waals surface area contributed by atoms with E-state index in [0.29, 0.717) is 5.92 Å². The number of rotatable bonds is 2. The topological polar surface area (TPSA) is 50.2 Å². The SMILES string of the molecule is C[C@@H]1CN(C(=O)Nc2cnn(C)c2)[C@H]1c1ccccc1. The number of hydrogen-bond acceptors (Lipinski definition) is 2. The van der Waals surface area contributed by atoms with Gasteiger partial charge in [-0.1, -0.05) is 37.3 Å². The molecule has 0 unspecified atom stereocenters. The Morgan fingerprint density at radius 3 is 2.70 bits per heavy atom. The van der Waals surface area contributed by atoms with Crippen molar-refractivity contribution in [2.75, 3.05) is 11.9 Å². The quantitative estimate of drug-likeness (QED) is 0.912. The molecule has 2 atom stereocenters. The number of carbonyl (C=O) groups is 1. The van der Waals surface area contributed by atoms with Gasteiger partial charge in [0.1, 0.15) is 0 Å². The summed E-state index contributed by atoms with van der Waals surface area (Å²) in [5.74, 6) is 0.483. The van der Waals surface area contributed by atoms with Crippen LogP contribution in [0.3, 0.4) is 0 Å². The number of aryl methyl sites for hydroxylation is 1. The molecule has 1 aliphatic rings. The number of benzene rings is 1. The highest BCUT2D eigenvalue weighted by molar-refractivity contribution is 5.90. The van der Waals surface area contributed by atoms with Crippen LogP contribution in [0.15, 0.2) is 42.7 Å². The first-order valence-electron chi connectivity index (χ1n) is 6.76. The van der Waals surface area contributed by atoms with Gasteiger partial charge in [-0.3, -0.25) is 4.68 Å². The number of nitrogens with zero attached hydrogens (tertiary/aromatic N) is 3. The fourth-order valence-electron chi connectivity index (χ4n) is 2.74. The molecule has 20 heavy (non-hydrogen) atoms. The molecule has 1 aromatic carbocycles. The number of anilines is 1. The zero-order valence-corrected chi connectivity index (χ0v) is 11.7. The van der Waals surface area contributed by atoms with E-state index in [1.54, 1.807) is 17.1 Å². The highest BCUT2D eigenvalue weighted by Gasteiger charge is 2.39. The third-order valence-electron chi connectivity index (χ3n) is 3.72. The van der Waals surface area contributed by atoms with Gasteiger partial charge in [-0.2, -0.15) is 5.10 Å². The van der Waals surface area contributed by atoms with Gasteiger partial charge in [0.05, 0.1) is 17.9 Å². The second kappa shape index (κ2) is 5.00. The van der Waals surface area contributed by atoms with Crippen LogP contribution in [0.4, 0.5) is 10.5 Å². The Bertz CT molecular complexity index is 607. The van der Waals surface area contributed by atoms with Crippen molar-refractivity contribution < 1.29 is 4.79 Å². The lowest BCUT2D eigenvalue weighted by molar-refractivity contribution is 0.0671. The summed E-state index contributed by atoms with van der Waals surface area (Å²) < 4.78 is 1.67. The zero-order chi connectivity index (χ0) is 14.1. The van der Waals surface area contributed by atoms with Gasteiger partial charge >= 0.3 is 6.03 Å². The van der Waals surface area contributed by atoms with Crippen molar-refractivity contribution in [2.24, 2.45) is 13.0 Å². The lowest BCUT2D eigenvalue weighted by atomic mass is 9.85. The molecule has 5 heteroatoms. The van der Waals surface area contributed by atoms with E-state index < -0.39 is 0 Å². The summed E-state index contributed by atoms with van der Waals surface area (Å²) in [5, 5.41) is 6.94. The van der Waals surface area contributed by atoms with E-state index in [4.69, 9.17) is 0 Å². The summed E-state index contributed by atoms with van der Waals surface area (Å²) in [6.07, 6.45) is 3.44. The number of likely N-dealkylation sites (tertiary alicyclic amines) is 1. The van der Waals surface area contributed by atoms with Crippen molar-refractivity contribution in [3.63, 3.8) is 0 Å². The normalized spacial score (nSPS) is 21.4. The largest absolute Gasteiger partial charge is 0.322 e. The standard InChI is InChI=1S/C15H18N4O/c1-11-9-19(14(11)12-6-4-3-5-7-12)15(20)17-13-8-16-18(2)10-13/h3-8,10-11,14H,9H2,1-2H3,(H,17,20)/t11-,14-/m1/s1. The van der Waals surface area contributed by atoms with Gasteiger partial charge in [-0.15, -0.1) is 0 Å². The maximum absolute atomic E-state index is 12.3. The maximum Gasteiger partial charge on any atom is 0.322 e. The van der Waals surface area contributed by atoms with Crippen molar-refractivity contribution in [3.8, 4) is 0 Å². The Kier molecular flexibility index (Phi) is 3.18. The van der Waals surface area contributed by atoms with Crippen molar-refractivity contribution in [2.45, 2.75) is 13.0 Å². The molecule has 0 bridgehead atoms. The van der Waals surface area contributed by atoms with Crippen LogP contribution >= 0.6 is 0 Å². The van der Waals surface area contributed by atoms with Crippen LogP contribution in [0.25, 0.3) is 0 Å². The van der Waals surface area contributed by atoms with Crippen molar-refractivity contribution in [1.29, 1.82) is 0 Å². The van der Waals surface area contributed by atoms with Crippen LogP contribution in [0.5, 0.6) is 0 Å². The first-order chi connectivity index (χ1) is 9.65. The number of urea groups is 1. The summed E-state index contributed by atoms with van der Waals surface area (Å²) in [6.45, 7) is 2.96. The van der Waals surface area contributed by atoms with Crippen molar-refractivity contribution in [3.05, 3.63) is 48.3 Å². The molecule has 0 radical (unpaired) electrons. The molecule has 1 fully saturated rings. The van der Waals surface area contributed by atoms with E-state index >= 15 is 0 Å². The van der Waals surface area contributed by atoms with E-state index in [2.05, 4.69) is 29.5 Å². The van der Waals surface area contributed by atoms with Gasteiger partial charge in [-0.25, -0.2) is 4.79 Å². The van der Waals surface area contributed by atoms with Gasteiger partial charge in [0.15, 0.2) is 0 Å². The summed E-state index contributed by atoms with van der Waals surface area (Å²) in [4.78, 5) is 14.2. The van der Waals surface area contributed by atoms with Crippen LogP contribution in [0.1, 0.15) is 18.5 Å². The minimum Gasteiger partial charge on any atom is -0.317 e. The molecule has 2 amide bonds. The van der Waals surface area contributed by atoms with Crippen molar-refractivity contribution >= 4 is 11.7 Å². The van der Waals surface area contributed by atoms with Crippen LogP contribution in [-0.4, -0.2) is 27.3 Å². The molecule has 1 N–H and O–H groups in total. The number of hydrogen-bond donors (Lipinski definition) is 1. The van der Waals surface area contributed by atoms with E-state index in [1.807, 2.05) is 30.1 Å². The first-order valence-corrected chi connectivity index (χ1v) is 6.76. The van der Waals surface area contributed by atoms with Crippen molar-refractivity contribution in [1.82, 2.24) is 14.7 Å². The third kappa shape index (κ3) is 2.27. The lowest BCUT2D eigenvalue weighted by Gasteiger charge is -2.46. The van der Waals surface area contributed by atoms with Crippen LogP contribution in [-0.2, 0) is 7.05 Å². The number of aromatic nitrogens is 2. The Morgan fingerprint density at radius 2 is 2.10 bits per heavy atom. The van der Waals surface area contributed by atoms with Crippen LogP contribution < -0.4 is 5.32 Å². The highest BCUT2D eigenvalue weighted by atomic mass is 16.2. The average molecular weight is 270 g/mol. The van der Waals surface area contributed by atoms with Gasteiger partial charge < -0.3 is 10.2 Å². The fraction of sp³-hybridized carbons (Fsp3) is 0.333. The first kappa shape index (κ1) is 12.7. The highest BCUT2D eigenvalue weighted by Crippen LogP contribution is 2.38. The van der Waals surface area contributed by atoms with Gasteiger partial charge in [-0.05, 0) is 11.5 Å². The lowest BCUT2D eigenvalue weighted by Crippen LogP contribution is -2.53. The van der Waals surface area contributed by atoms with E-state index in [9.17, 15) is 4.79 Å². The molecule has 0 saturated carbocycles. The number of nitrogens with one attached hydrogen (secondary N) is 1. The smallest absolute Gasteiger partial charge is 0.317 e. The van der Waals surface area contributed by atoms with Crippen LogP contribution in [0, 0.1) is 5.92 Å².